The predicted octanol–water partition coefficient (Wildman–Crippen LogP) is 4.73. The van der Waals surface area contributed by atoms with Crippen molar-refractivity contribution >= 4 is 5.91 Å². The van der Waals surface area contributed by atoms with Crippen LogP contribution in [0.3, 0.4) is 0 Å². The number of carbonyl (C=O) groups is 1. The second-order valence-electron chi connectivity index (χ2n) is 5.76. The molecule has 0 aliphatic rings. The van der Waals surface area contributed by atoms with Crippen molar-refractivity contribution in [1.29, 1.82) is 0 Å². The number of H-pyrrole nitrogens is 1. The third-order valence-electron chi connectivity index (χ3n) is 3.73. The molecule has 7 nitrogen and oxygen atoms in total. The monoisotopic (exact) mass is 436 g/mol. The maximum Gasteiger partial charge on any atom is 0.573 e. The Morgan fingerprint density at radius 3 is 2.39 bits per heavy atom. The number of ether oxygens (including phenoxy) is 2. The summed E-state index contributed by atoms with van der Waals surface area (Å²) in [5.41, 5.74) is 0.429. The molecule has 31 heavy (non-hydrogen) atoms. The van der Waals surface area contributed by atoms with Gasteiger partial charge in [-0.1, -0.05) is 38.1 Å². The fourth-order valence-corrected chi connectivity index (χ4v) is 2.55. The zero-order valence-electron chi connectivity index (χ0n) is 17.3. The first kappa shape index (κ1) is 23.7. The van der Waals surface area contributed by atoms with E-state index in [4.69, 9.17) is 4.74 Å². The molecule has 0 bridgehead atoms. The van der Waals surface area contributed by atoms with Crippen LogP contribution in [0, 0.1) is 0 Å². The highest BCUT2D eigenvalue weighted by Crippen LogP contribution is 2.27. The summed E-state index contributed by atoms with van der Waals surface area (Å²) >= 11 is 0. The highest BCUT2D eigenvalue weighted by atomic mass is 19.4. The van der Waals surface area contributed by atoms with Crippen molar-refractivity contribution in [3.8, 4) is 22.9 Å². The third-order valence-corrected chi connectivity index (χ3v) is 3.73. The number of aromatic amines is 1. The summed E-state index contributed by atoms with van der Waals surface area (Å²) in [4.78, 5) is 16.6. The number of amides is 1. The first-order valence-electron chi connectivity index (χ1n) is 9.64. The predicted molar refractivity (Wildman–Crippen MR) is 109 cm³/mol. The average molecular weight is 436 g/mol. The summed E-state index contributed by atoms with van der Waals surface area (Å²) in [6.45, 7) is 6.27. The molecule has 1 amide bonds. The second-order valence-corrected chi connectivity index (χ2v) is 5.76. The Hall–Kier alpha value is -3.56. The van der Waals surface area contributed by atoms with Crippen LogP contribution in [0.2, 0.25) is 0 Å². The van der Waals surface area contributed by atoms with E-state index in [2.05, 4.69) is 25.2 Å². The maximum atomic E-state index is 12.5. The summed E-state index contributed by atoms with van der Waals surface area (Å²) in [5, 5.41) is 9.29. The van der Waals surface area contributed by atoms with E-state index in [1.54, 1.807) is 12.1 Å². The van der Waals surface area contributed by atoms with Crippen LogP contribution in [-0.4, -0.2) is 34.1 Å². The molecule has 0 saturated heterocycles. The molecule has 0 radical (unpaired) electrons. The number of hydrogen-bond donors (Lipinski definition) is 2. The molecule has 10 heteroatoms. The zero-order chi connectivity index (χ0) is 22.9. The Balaban J connectivity index is 0.00000166. The van der Waals surface area contributed by atoms with Crippen LogP contribution in [-0.2, 0) is 6.54 Å². The number of alkyl halides is 3. The Morgan fingerprint density at radius 2 is 1.71 bits per heavy atom. The minimum atomic E-state index is -4.90. The quantitative estimate of drug-likeness (QED) is 0.559. The van der Waals surface area contributed by atoms with Crippen LogP contribution in [0.15, 0.2) is 48.5 Å². The van der Waals surface area contributed by atoms with Crippen molar-refractivity contribution in [3.63, 3.8) is 0 Å². The number of rotatable bonds is 7. The molecule has 1 heterocycles. The van der Waals surface area contributed by atoms with E-state index >= 15 is 0 Å². The average Bonchev–Trinajstić information content (AvgIpc) is 3.22. The Bertz CT molecular complexity index is 990. The summed E-state index contributed by atoms with van der Waals surface area (Å²) in [6.07, 6.45) is -4.90. The second kappa shape index (κ2) is 11.0. The number of halogens is 3. The molecule has 166 valence electrons. The van der Waals surface area contributed by atoms with E-state index in [0.29, 0.717) is 29.6 Å². The maximum absolute atomic E-state index is 12.5. The van der Waals surface area contributed by atoms with Gasteiger partial charge in [0.25, 0.3) is 5.91 Å². The van der Waals surface area contributed by atoms with Gasteiger partial charge in [-0.2, -0.15) is 5.10 Å². The van der Waals surface area contributed by atoms with Gasteiger partial charge in [0.15, 0.2) is 5.82 Å². The standard InChI is InChI=1S/C19H17F3N4O3.C2H6/c1-2-28-14-9-5-3-7-12(14)17-24-16(25-26-17)11-23-18(27)13-8-4-6-10-15(13)29-19(20,21)22;1-2/h3-10H,2,11H2,1H3,(H,23,27)(H,24,25,26);1-2H3. The molecule has 0 saturated carbocycles. The SMILES string of the molecule is CC.CCOc1ccccc1-c1n[nH]c(CNC(=O)c2ccccc2OC(F)(F)F)n1. The lowest BCUT2D eigenvalue weighted by molar-refractivity contribution is -0.274. The summed E-state index contributed by atoms with van der Waals surface area (Å²) in [6, 6.07) is 12.3. The molecule has 1 aromatic heterocycles. The highest BCUT2D eigenvalue weighted by Gasteiger charge is 2.32. The van der Waals surface area contributed by atoms with Gasteiger partial charge in [0.2, 0.25) is 0 Å². The van der Waals surface area contributed by atoms with Gasteiger partial charge < -0.3 is 14.8 Å². The van der Waals surface area contributed by atoms with E-state index in [9.17, 15) is 18.0 Å². The van der Waals surface area contributed by atoms with Gasteiger partial charge in [-0.3, -0.25) is 9.89 Å². The molecule has 0 aliphatic heterocycles. The lowest BCUT2D eigenvalue weighted by atomic mass is 10.2. The summed E-state index contributed by atoms with van der Waals surface area (Å²) < 4.78 is 46.9. The molecular weight excluding hydrogens is 413 g/mol. The number of nitrogens with one attached hydrogen (secondary N) is 2. The van der Waals surface area contributed by atoms with E-state index in [0.717, 1.165) is 6.07 Å². The number of aromatic nitrogens is 3. The fraction of sp³-hybridized carbons (Fsp3) is 0.286. The summed E-state index contributed by atoms with van der Waals surface area (Å²) in [5.74, 6) is -0.00490. The third kappa shape index (κ3) is 6.73. The van der Waals surface area contributed by atoms with Gasteiger partial charge in [-0.15, -0.1) is 13.2 Å². The number of para-hydroxylation sites is 2. The number of nitrogens with zero attached hydrogens (tertiary/aromatic N) is 2. The van der Waals surface area contributed by atoms with E-state index in [1.165, 1.54) is 18.2 Å². The fourth-order valence-electron chi connectivity index (χ4n) is 2.55. The van der Waals surface area contributed by atoms with Crippen LogP contribution in [0.5, 0.6) is 11.5 Å². The molecular formula is C21H23F3N4O3. The van der Waals surface area contributed by atoms with Gasteiger partial charge >= 0.3 is 6.36 Å². The van der Waals surface area contributed by atoms with Crippen LogP contribution >= 0.6 is 0 Å². The first-order valence-corrected chi connectivity index (χ1v) is 9.64. The molecule has 3 aromatic rings. The van der Waals surface area contributed by atoms with Gasteiger partial charge in [-0.25, -0.2) is 4.98 Å². The number of benzene rings is 2. The lowest BCUT2D eigenvalue weighted by Crippen LogP contribution is -2.26. The lowest BCUT2D eigenvalue weighted by Gasteiger charge is -2.12. The topological polar surface area (TPSA) is 89.1 Å². The van der Waals surface area contributed by atoms with Crippen molar-refractivity contribution in [2.24, 2.45) is 0 Å². The molecule has 0 spiro atoms. The molecule has 0 unspecified atom stereocenters. The van der Waals surface area contributed by atoms with E-state index < -0.39 is 18.0 Å². The van der Waals surface area contributed by atoms with Crippen molar-refractivity contribution < 1.29 is 27.4 Å². The van der Waals surface area contributed by atoms with Gasteiger partial charge in [0.05, 0.1) is 24.3 Å². The van der Waals surface area contributed by atoms with Crippen LogP contribution in [0.25, 0.3) is 11.4 Å². The minimum absolute atomic E-state index is 0.0665. The van der Waals surface area contributed by atoms with Crippen LogP contribution in [0.4, 0.5) is 13.2 Å². The molecule has 2 aromatic carbocycles. The molecule has 0 aliphatic carbocycles. The van der Waals surface area contributed by atoms with Crippen LogP contribution in [0.1, 0.15) is 37.0 Å². The molecule has 2 N–H and O–H groups in total. The van der Waals surface area contributed by atoms with Crippen molar-refractivity contribution in [2.75, 3.05) is 6.61 Å². The molecule has 3 rings (SSSR count). The zero-order valence-corrected chi connectivity index (χ0v) is 17.3. The number of carbonyl (C=O) groups excluding carboxylic acids is 1. The van der Waals surface area contributed by atoms with Gasteiger partial charge in [0, 0.05) is 0 Å². The van der Waals surface area contributed by atoms with E-state index in [-0.39, 0.29) is 12.1 Å². The van der Waals surface area contributed by atoms with Gasteiger partial charge in [0.1, 0.15) is 17.3 Å². The van der Waals surface area contributed by atoms with Crippen LogP contribution < -0.4 is 14.8 Å². The Labute approximate surface area is 177 Å². The van der Waals surface area contributed by atoms with Gasteiger partial charge in [-0.05, 0) is 31.2 Å². The Kier molecular flexibility index (Phi) is 8.42. The van der Waals surface area contributed by atoms with Crippen molar-refractivity contribution in [3.05, 3.63) is 59.9 Å². The minimum Gasteiger partial charge on any atom is -0.493 e. The first-order chi connectivity index (χ1) is 14.9. The summed E-state index contributed by atoms with van der Waals surface area (Å²) in [7, 11) is 0. The molecule has 0 atom stereocenters. The normalized spacial score (nSPS) is 10.6. The van der Waals surface area contributed by atoms with Crippen molar-refractivity contribution in [2.45, 2.75) is 33.7 Å². The number of hydrogen-bond acceptors (Lipinski definition) is 5. The van der Waals surface area contributed by atoms with E-state index in [1.807, 2.05) is 32.9 Å². The Morgan fingerprint density at radius 1 is 1.06 bits per heavy atom. The smallest absolute Gasteiger partial charge is 0.493 e. The highest BCUT2D eigenvalue weighted by molar-refractivity contribution is 5.96. The van der Waals surface area contributed by atoms with Crippen molar-refractivity contribution in [1.82, 2.24) is 20.5 Å². The largest absolute Gasteiger partial charge is 0.573 e. The molecule has 0 fully saturated rings.